The number of carbonyl (C=O) groups excluding carboxylic acids is 1. The molecule has 2 atom stereocenters. The maximum atomic E-state index is 13.4. The molecule has 2 heteroatoms. The van der Waals surface area contributed by atoms with Crippen LogP contribution in [0.4, 0.5) is 4.39 Å². The van der Waals surface area contributed by atoms with E-state index in [1.165, 1.54) is 17.7 Å². The van der Waals surface area contributed by atoms with E-state index in [-0.39, 0.29) is 23.4 Å². The molecule has 0 heterocycles. The van der Waals surface area contributed by atoms with Crippen molar-refractivity contribution in [2.75, 3.05) is 0 Å². The Morgan fingerprint density at radius 3 is 2.50 bits per heavy atom. The lowest BCUT2D eigenvalue weighted by Gasteiger charge is -2.39. The molecular formula is C16H11FO. The Morgan fingerprint density at radius 2 is 1.67 bits per heavy atom. The highest BCUT2D eigenvalue weighted by Gasteiger charge is 2.42. The lowest BCUT2D eigenvalue weighted by molar-refractivity contribution is -0.120. The highest BCUT2D eigenvalue weighted by molar-refractivity contribution is 5.95. The average Bonchev–Trinajstić information content (AvgIpc) is 2.38. The van der Waals surface area contributed by atoms with Crippen LogP contribution in [-0.2, 0) is 4.79 Å². The van der Waals surface area contributed by atoms with Crippen molar-refractivity contribution in [3.8, 4) is 0 Å². The second-order valence-corrected chi connectivity index (χ2v) is 5.06. The number of hydrogen-bond donors (Lipinski definition) is 0. The summed E-state index contributed by atoms with van der Waals surface area (Å²) in [6, 6.07) is 12.9. The third-order valence-electron chi connectivity index (χ3n) is 4.14. The predicted molar refractivity (Wildman–Crippen MR) is 66.2 cm³/mol. The Morgan fingerprint density at radius 1 is 0.944 bits per heavy atom. The molecule has 0 fully saturated rings. The smallest absolute Gasteiger partial charge is 0.145 e. The molecule has 2 aromatic carbocycles. The summed E-state index contributed by atoms with van der Waals surface area (Å²) >= 11 is 0. The van der Waals surface area contributed by atoms with Gasteiger partial charge in [-0.25, -0.2) is 4.39 Å². The Bertz CT molecular complexity index is 675. The molecule has 0 saturated heterocycles. The van der Waals surface area contributed by atoms with Crippen LogP contribution in [0.3, 0.4) is 0 Å². The van der Waals surface area contributed by atoms with Gasteiger partial charge < -0.3 is 0 Å². The number of carbonyl (C=O) groups is 1. The van der Waals surface area contributed by atoms with E-state index in [1.807, 2.05) is 24.3 Å². The van der Waals surface area contributed by atoms with Crippen molar-refractivity contribution in [3.63, 3.8) is 0 Å². The fourth-order valence-corrected chi connectivity index (χ4v) is 3.42. The van der Waals surface area contributed by atoms with Gasteiger partial charge in [-0.15, -0.1) is 0 Å². The predicted octanol–water partition coefficient (Wildman–Crippen LogP) is 3.38. The standard InChI is InChI=1S/C16H11FO/c17-9-5-6-11-13-8-15(18)16(14(11)7-9)12-4-2-1-3-10(12)13/h1-7,13,16H,8H2. The van der Waals surface area contributed by atoms with Crippen LogP contribution in [0.2, 0.25) is 0 Å². The number of fused-ring (bicyclic) bond motifs is 1. The molecule has 5 rings (SSSR count). The lowest BCUT2D eigenvalue weighted by Crippen LogP contribution is -2.32. The quantitative estimate of drug-likeness (QED) is 0.687. The molecule has 3 aliphatic rings. The van der Waals surface area contributed by atoms with Crippen LogP contribution in [0.1, 0.15) is 40.5 Å². The summed E-state index contributed by atoms with van der Waals surface area (Å²) in [7, 11) is 0. The van der Waals surface area contributed by atoms with Crippen molar-refractivity contribution in [3.05, 3.63) is 70.5 Å². The second-order valence-electron chi connectivity index (χ2n) is 5.06. The topological polar surface area (TPSA) is 17.1 Å². The van der Waals surface area contributed by atoms with Gasteiger partial charge >= 0.3 is 0 Å². The van der Waals surface area contributed by atoms with Gasteiger partial charge in [-0.3, -0.25) is 4.79 Å². The first-order valence-corrected chi connectivity index (χ1v) is 6.16. The summed E-state index contributed by atoms with van der Waals surface area (Å²) in [5.41, 5.74) is 4.30. The number of rotatable bonds is 0. The van der Waals surface area contributed by atoms with Gasteiger partial charge in [0.05, 0.1) is 5.92 Å². The van der Waals surface area contributed by atoms with Crippen LogP contribution in [0.15, 0.2) is 42.5 Å². The maximum Gasteiger partial charge on any atom is 0.145 e. The van der Waals surface area contributed by atoms with Gasteiger partial charge in [-0.2, -0.15) is 0 Å². The molecule has 2 aromatic rings. The van der Waals surface area contributed by atoms with Crippen molar-refractivity contribution in [1.82, 2.24) is 0 Å². The van der Waals surface area contributed by atoms with Crippen LogP contribution >= 0.6 is 0 Å². The average molecular weight is 238 g/mol. The normalized spacial score (nSPS) is 23.7. The Kier molecular flexibility index (Phi) is 1.83. The van der Waals surface area contributed by atoms with E-state index >= 15 is 0 Å². The van der Waals surface area contributed by atoms with Crippen LogP contribution in [0.5, 0.6) is 0 Å². The fourth-order valence-electron chi connectivity index (χ4n) is 3.42. The lowest BCUT2D eigenvalue weighted by atomic mass is 9.63. The Labute approximate surface area is 104 Å². The molecular weight excluding hydrogens is 227 g/mol. The minimum absolute atomic E-state index is 0.120. The molecule has 0 N–H and O–H groups in total. The summed E-state index contributed by atoms with van der Waals surface area (Å²) in [6.07, 6.45) is 0.556. The molecule has 0 aliphatic heterocycles. The van der Waals surface area contributed by atoms with E-state index in [0.717, 1.165) is 16.7 Å². The first-order valence-electron chi connectivity index (χ1n) is 6.16. The van der Waals surface area contributed by atoms with Crippen molar-refractivity contribution >= 4 is 5.78 Å². The highest BCUT2D eigenvalue weighted by atomic mass is 19.1. The Hall–Kier alpha value is -1.96. The first kappa shape index (κ1) is 10.0. The third kappa shape index (κ3) is 1.13. The van der Waals surface area contributed by atoms with Crippen LogP contribution in [-0.4, -0.2) is 5.78 Å². The molecule has 2 unspecified atom stereocenters. The minimum Gasteiger partial charge on any atom is -0.299 e. The molecule has 1 nitrogen and oxygen atoms in total. The van der Waals surface area contributed by atoms with Gasteiger partial charge in [0.15, 0.2) is 0 Å². The zero-order valence-electron chi connectivity index (χ0n) is 9.69. The molecule has 3 aliphatic carbocycles. The van der Waals surface area contributed by atoms with E-state index in [0.29, 0.717) is 6.42 Å². The van der Waals surface area contributed by atoms with Crippen molar-refractivity contribution in [2.24, 2.45) is 0 Å². The summed E-state index contributed by atoms with van der Waals surface area (Å²) in [5.74, 6) is -0.172. The number of benzene rings is 2. The van der Waals surface area contributed by atoms with Crippen LogP contribution in [0.25, 0.3) is 0 Å². The molecule has 88 valence electrons. The maximum absolute atomic E-state index is 13.4. The monoisotopic (exact) mass is 238 g/mol. The molecule has 0 spiro atoms. The van der Waals surface area contributed by atoms with Crippen LogP contribution < -0.4 is 0 Å². The summed E-state index contributed by atoms with van der Waals surface area (Å²) < 4.78 is 13.4. The minimum atomic E-state index is -0.258. The van der Waals surface area contributed by atoms with Gasteiger partial charge in [-0.05, 0) is 34.4 Å². The molecule has 18 heavy (non-hydrogen) atoms. The van der Waals surface area contributed by atoms with Gasteiger partial charge in [0.25, 0.3) is 0 Å². The van der Waals surface area contributed by atoms with Gasteiger partial charge in [0.2, 0.25) is 0 Å². The van der Waals surface area contributed by atoms with Crippen LogP contribution in [0, 0.1) is 5.82 Å². The van der Waals surface area contributed by atoms with Crippen molar-refractivity contribution < 1.29 is 9.18 Å². The molecule has 0 saturated carbocycles. The van der Waals surface area contributed by atoms with E-state index in [2.05, 4.69) is 6.07 Å². The summed E-state index contributed by atoms with van der Waals surface area (Å²) in [6.45, 7) is 0. The Balaban J connectivity index is 2.06. The number of halogens is 1. The van der Waals surface area contributed by atoms with Crippen molar-refractivity contribution in [2.45, 2.75) is 18.3 Å². The van der Waals surface area contributed by atoms with E-state index in [9.17, 15) is 9.18 Å². The van der Waals surface area contributed by atoms with Gasteiger partial charge in [-0.1, -0.05) is 30.3 Å². The zero-order chi connectivity index (χ0) is 12.3. The van der Waals surface area contributed by atoms with E-state index in [4.69, 9.17) is 0 Å². The first-order chi connectivity index (χ1) is 8.75. The number of Topliss-reactive ketones (excluding diaryl/α,β-unsaturated/α-hetero) is 1. The SMILES string of the molecule is O=C1CC2c3ccccc3C1c1cc(F)ccc12. The highest BCUT2D eigenvalue weighted by Crippen LogP contribution is 2.50. The molecule has 0 amide bonds. The largest absolute Gasteiger partial charge is 0.299 e. The number of hydrogen-bond acceptors (Lipinski definition) is 1. The van der Waals surface area contributed by atoms with E-state index in [1.54, 1.807) is 0 Å². The fraction of sp³-hybridized carbons (Fsp3) is 0.188. The van der Waals surface area contributed by atoms with Gasteiger partial charge in [0, 0.05) is 12.3 Å². The third-order valence-corrected chi connectivity index (χ3v) is 4.14. The second kappa shape index (κ2) is 3.29. The van der Waals surface area contributed by atoms with Gasteiger partial charge in [0.1, 0.15) is 11.6 Å². The molecule has 2 bridgehead atoms. The summed E-state index contributed by atoms with van der Waals surface area (Å²) in [5, 5.41) is 0. The van der Waals surface area contributed by atoms with E-state index < -0.39 is 0 Å². The van der Waals surface area contributed by atoms with Crippen molar-refractivity contribution in [1.29, 1.82) is 0 Å². The number of ketones is 1. The zero-order valence-corrected chi connectivity index (χ0v) is 9.69. The molecule has 0 aromatic heterocycles. The molecule has 0 radical (unpaired) electrons. The summed E-state index contributed by atoms with van der Waals surface area (Å²) in [4.78, 5) is 12.2.